The first-order valence-corrected chi connectivity index (χ1v) is 4.81. The Morgan fingerprint density at radius 2 is 2.14 bits per heavy atom. The fraction of sp³-hybridized carbons (Fsp3) is 0.300. The largest absolute Gasteiger partial charge is 0.326 e. The molecule has 0 bridgehead atoms. The summed E-state index contributed by atoms with van der Waals surface area (Å²) in [6, 6.07) is 3.19. The molecule has 4 heteroatoms. The lowest BCUT2D eigenvalue weighted by Gasteiger charge is -2.05. The van der Waals surface area contributed by atoms with E-state index in [4.69, 9.17) is 11.6 Å². The molecule has 2 rings (SSSR count). The highest BCUT2D eigenvalue weighted by molar-refractivity contribution is 6.29. The summed E-state index contributed by atoms with van der Waals surface area (Å²) in [4.78, 5) is 6.77. The van der Waals surface area contributed by atoms with Crippen LogP contribution in [-0.4, -0.2) is 9.97 Å². The van der Waals surface area contributed by atoms with Gasteiger partial charge < -0.3 is 4.98 Å². The van der Waals surface area contributed by atoms with Crippen molar-refractivity contribution in [3.05, 3.63) is 28.8 Å². The van der Waals surface area contributed by atoms with Crippen molar-refractivity contribution >= 4 is 22.6 Å². The van der Waals surface area contributed by atoms with Gasteiger partial charge in [-0.15, -0.1) is 0 Å². The van der Waals surface area contributed by atoms with Crippen LogP contribution in [0.2, 0.25) is 5.28 Å². The van der Waals surface area contributed by atoms with Crippen LogP contribution in [-0.2, 0) is 0 Å². The van der Waals surface area contributed by atoms with Gasteiger partial charge in [-0.2, -0.15) is 0 Å². The number of imidazole rings is 1. The standard InChI is InChI=1S/C10H10ClFN2/c1-5(2)6-3-4-7(12)9-8(6)13-10(11)14-9/h3-5H,1-2H3,(H,13,14). The van der Waals surface area contributed by atoms with E-state index in [2.05, 4.69) is 9.97 Å². The van der Waals surface area contributed by atoms with Crippen molar-refractivity contribution in [1.82, 2.24) is 9.97 Å². The number of fused-ring (bicyclic) bond motifs is 1. The Bertz CT molecular complexity index is 476. The normalized spacial score (nSPS) is 11.5. The van der Waals surface area contributed by atoms with Crippen LogP contribution in [0.25, 0.3) is 11.0 Å². The monoisotopic (exact) mass is 212 g/mol. The Morgan fingerprint density at radius 1 is 1.43 bits per heavy atom. The summed E-state index contributed by atoms with van der Waals surface area (Å²) in [7, 11) is 0. The van der Waals surface area contributed by atoms with Crippen molar-refractivity contribution in [2.45, 2.75) is 19.8 Å². The lowest BCUT2D eigenvalue weighted by Crippen LogP contribution is -1.90. The van der Waals surface area contributed by atoms with Crippen LogP contribution in [0, 0.1) is 5.82 Å². The van der Waals surface area contributed by atoms with Crippen LogP contribution < -0.4 is 0 Å². The Kier molecular flexibility index (Phi) is 2.19. The van der Waals surface area contributed by atoms with Crippen molar-refractivity contribution in [1.29, 1.82) is 0 Å². The van der Waals surface area contributed by atoms with Gasteiger partial charge in [-0.3, -0.25) is 0 Å². The molecular weight excluding hydrogens is 203 g/mol. The highest BCUT2D eigenvalue weighted by atomic mass is 35.5. The molecule has 1 aromatic heterocycles. The van der Waals surface area contributed by atoms with E-state index in [1.165, 1.54) is 6.07 Å². The number of nitrogens with zero attached hydrogens (tertiary/aromatic N) is 1. The summed E-state index contributed by atoms with van der Waals surface area (Å²) < 4.78 is 13.3. The van der Waals surface area contributed by atoms with Crippen molar-refractivity contribution in [3.63, 3.8) is 0 Å². The van der Waals surface area contributed by atoms with E-state index in [1.54, 1.807) is 6.07 Å². The second kappa shape index (κ2) is 3.24. The highest BCUT2D eigenvalue weighted by Gasteiger charge is 2.12. The molecule has 0 saturated heterocycles. The lowest BCUT2D eigenvalue weighted by atomic mass is 10.0. The minimum absolute atomic E-state index is 0.229. The summed E-state index contributed by atoms with van der Waals surface area (Å²) >= 11 is 5.70. The smallest absolute Gasteiger partial charge is 0.201 e. The van der Waals surface area contributed by atoms with Gasteiger partial charge in [-0.05, 0) is 29.1 Å². The molecule has 0 aliphatic carbocycles. The first kappa shape index (κ1) is 9.46. The molecule has 0 aliphatic heterocycles. The molecule has 0 amide bonds. The van der Waals surface area contributed by atoms with Crippen LogP contribution in [0.15, 0.2) is 12.1 Å². The number of rotatable bonds is 1. The quantitative estimate of drug-likeness (QED) is 0.770. The molecule has 2 aromatic rings. The number of benzene rings is 1. The summed E-state index contributed by atoms with van der Waals surface area (Å²) in [5.41, 5.74) is 2.02. The minimum Gasteiger partial charge on any atom is -0.326 e. The van der Waals surface area contributed by atoms with Crippen LogP contribution >= 0.6 is 11.6 Å². The number of aromatic nitrogens is 2. The molecule has 0 fully saturated rings. The lowest BCUT2D eigenvalue weighted by molar-refractivity contribution is 0.636. The van der Waals surface area contributed by atoms with Crippen LogP contribution in [0.4, 0.5) is 4.39 Å². The van der Waals surface area contributed by atoms with E-state index in [9.17, 15) is 4.39 Å². The molecule has 1 heterocycles. The molecule has 0 unspecified atom stereocenters. The van der Waals surface area contributed by atoms with E-state index in [1.807, 2.05) is 13.8 Å². The van der Waals surface area contributed by atoms with E-state index in [0.717, 1.165) is 5.56 Å². The zero-order valence-corrected chi connectivity index (χ0v) is 8.69. The molecule has 0 radical (unpaired) electrons. The fourth-order valence-corrected chi connectivity index (χ4v) is 1.70. The number of hydrogen-bond acceptors (Lipinski definition) is 1. The summed E-state index contributed by atoms with van der Waals surface area (Å²) in [5.74, 6) is -0.0127. The van der Waals surface area contributed by atoms with Gasteiger partial charge in [0.2, 0.25) is 5.28 Å². The topological polar surface area (TPSA) is 28.7 Å². The number of nitrogens with one attached hydrogen (secondary N) is 1. The molecule has 1 aromatic carbocycles. The zero-order chi connectivity index (χ0) is 10.3. The third kappa shape index (κ3) is 1.38. The average molecular weight is 213 g/mol. The van der Waals surface area contributed by atoms with Crippen molar-refractivity contribution in [3.8, 4) is 0 Å². The van der Waals surface area contributed by atoms with E-state index < -0.39 is 0 Å². The summed E-state index contributed by atoms with van der Waals surface area (Å²) in [6.07, 6.45) is 0. The van der Waals surface area contributed by atoms with Crippen molar-refractivity contribution < 1.29 is 4.39 Å². The van der Waals surface area contributed by atoms with E-state index in [0.29, 0.717) is 17.0 Å². The first-order valence-electron chi connectivity index (χ1n) is 4.43. The average Bonchev–Trinajstić information content (AvgIpc) is 2.47. The van der Waals surface area contributed by atoms with Crippen LogP contribution in [0.1, 0.15) is 25.3 Å². The maximum atomic E-state index is 13.3. The predicted octanol–water partition coefficient (Wildman–Crippen LogP) is 3.48. The van der Waals surface area contributed by atoms with E-state index >= 15 is 0 Å². The Balaban J connectivity index is 2.81. The molecule has 74 valence electrons. The SMILES string of the molecule is CC(C)c1ccc(F)c2[nH]c(Cl)nc12. The van der Waals surface area contributed by atoms with Crippen molar-refractivity contribution in [2.24, 2.45) is 0 Å². The summed E-state index contributed by atoms with van der Waals surface area (Å²) in [5, 5.41) is 0.229. The second-order valence-electron chi connectivity index (χ2n) is 3.54. The molecular formula is C10H10ClFN2. The number of hydrogen-bond donors (Lipinski definition) is 1. The zero-order valence-electron chi connectivity index (χ0n) is 7.94. The molecule has 1 N–H and O–H groups in total. The molecule has 0 atom stereocenters. The van der Waals surface area contributed by atoms with Gasteiger partial charge in [0.1, 0.15) is 11.3 Å². The van der Waals surface area contributed by atoms with Crippen LogP contribution in [0.5, 0.6) is 0 Å². The number of aromatic amines is 1. The number of H-pyrrole nitrogens is 1. The molecule has 14 heavy (non-hydrogen) atoms. The van der Waals surface area contributed by atoms with Gasteiger partial charge in [-0.1, -0.05) is 19.9 Å². The van der Waals surface area contributed by atoms with Crippen LogP contribution in [0.3, 0.4) is 0 Å². The van der Waals surface area contributed by atoms with Crippen molar-refractivity contribution in [2.75, 3.05) is 0 Å². The molecule has 0 aliphatic rings. The van der Waals surface area contributed by atoms with Gasteiger partial charge >= 0.3 is 0 Å². The maximum absolute atomic E-state index is 13.3. The van der Waals surface area contributed by atoms with Gasteiger partial charge in [0.25, 0.3) is 0 Å². The Morgan fingerprint density at radius 3 is 2.79 bits per heavy atom. The Hall–Kier alpha value is -1.09. The van der Waals surface area contributed by atoms with Gasteiger partial charge in [0, 0.05) is 0 Å². The first-order chi connectivity index (χ1) is 6.59. The second-order valence-corrected chi connectivity index (χ2v) is 3.90. The van der Waals surface area contributed by atoms with Gasteiger partial charge in [0.15, 0.2) is 0 Å². The van der Waals surface area contributed by atoms with Gasteiger partial charge in [0.05, 0.1) is 5.52 Å². The third-order valence-corrected chi connectivity index (χ3v) is 2.40. The predicted molar refractivity (Wildman–Crippen MR) is 55.2 cm³/mol. The number of halogens is 2. The fourth-order valence-electron chi connectivity index (χ4n) is 1.52. The maximum Gasteiger partial charge on any atom is 0.201 e. The van der Waals surface area contributed by atoms with E-state index in [-0.39, 0.29) is 11.1 Å². The highest BCUT2D eigenvalue weighted by Crippen LogP contribution is 2.26. The third-order valence-electron chi connectivity index (χ3n) is 2.22. The molecule has 2 nitrogen and oxygen atoms in total. The minimum atomic E-state index is -0.316. The Labute approximate surface area is 86.1 Å². The molecule has 0 saturated carbocycles. The summed E-state index contributed by atoms with van der Waals surface area (Å²) in [6.45, 7) is 4.07. The van der Waals surface area contributed by atoms with Gasteiger partial charge in [-0.25, -0.2) is 9.37 Å². The molecule has 0 spiro atoms.